The van der Waals surface area contributed by atoms with Gasteiger partial charge in [0.05, 0.1) is 18.3 Å². The molecule has 6 nitrogen and oxygen atoms in total. The molecule has 0 unspecified atom stereocenters. The number of hydrogen-bond acceptors (Lipinski definition) is 4. The summed E-state index contributed by atoms with van der Waals surface area (Å²) in [5, 5.41) is 3.15. The summed E-state index contributed by atoms with van der Waals surface area (Å²) >= 11 is 0. The van der Waals surface area contributed by atoms with E-state index in [1.807, 2.05) is 0 Å². The van der Waals surface area contributed by atoms with Crippen LogP contribution in [0.5, 0.6) is 0 Å². The smallest absolute Gasteiger partial charge is 0.257 e. The summed E-state index contributed by atoms with van der Waals surface area (Å²) in [5.74, 6) is -1.33. The van der Waals surface area contributed by atoms with Gasteiger partial charge in [-0.3, -0.25) is 14.6 Å². The highest BCUT2D eigenvalue weighted by atomic mass is 35.5. The number of carbonyl (C=O) groups is 2. The number of amides is 2. The highest BCUT2D eigenvalue weighted by Crippen LogP contribution is 2.08. The molecule has 2 heterocycles. The molecule has 1 saturated heterocycles. The lowest BCUT2D eigenvalue weighted by molar-refractivity contribution is -0.132. The van der Waals surface area contributed by atoms with Crippen molar-refractivity contribution < 1.29 is 14.0 Å². The van der Waals surface area contributed by atoms with Crippen molar-refractivity contribution in [3.63, 3.8) is 0 Å². The fourth-order valence-corrected chi connectivity index (χ4v) is 2.04. The third kappa shape index (κ3) is 5.08. The maximum Gasteiger partial charge on any atom is 0.257 e. The summed E-state index contributed by atoms with van der Waals surface area (Å²) in [6, 6.07) is 1.31. The molecule has 0 atom stereocenters. The van der Waals surface area contributed by atoms with E-state index in [1.165, 1.54) is 24.2 Å². The monoisotopic (exact) mass is 352 g/mol. The predicted molar refractivity (Wildman–Crippen MR) is 85.1 cm³/mol. The molecule has 9 heteroatoms. The van der Waals surface area contributed by atoms with Gasteiger partial charge in [0, 0.05) is 39.4 Å². The Balaban J connectivity index is 0.00000220. The molecule has 1 aliphatic heterocycles. The van der Waals surface area contributed by atoms with Crippen LogP contribution in [0.2, 0.25) is 0 Å². The summed E-state index contributed by atoms with van der Waals surface area (Å²) in [5.41, 5.74) is -0.0735. The third-order valence-electron chi connectivity index (χ3n) is 3.19. The minimum atomic E-state index is -0.682. The van der Waals surface area contributed by atoms with E-state index in [2.05, 4.69) is 10.3 Å². The minimum Gasteiger partial charge on any atom is -0.339 e. The Labute approximate surface area is 140 Å². The molecule has 1 aromatic rings. The zero-order valence-electron chi connectivity index (χ0n) is 12.1. The Morgan fingerprint density at radius 1 is 1.36 bits per heavy atom. The van der Waals surface area contributed by atoms with Crippen LogP contribution < -0.4 is 5.32 Å². The fraction of sp³-hybridized carbons (Fsp3) is 0.462. The van der Waals surface area contributed by atoms with Gasteiger partial charge in [0.1, 0.15) is 0 Å². The van der Waals surface area contributed by atoms with Crippen LogP contribution in [0.15, 0.2) is 18.5 Å². The summed E-state index contributed by atoms with van der Waals surface area (Å²) in [6.45, 7) is 2.71. The van der Waals surface area contributed by atoms with Crippen molar-refractivity contribution in [2.45, 2.75) is 0 Å². The van der Waals surface area contributed by atoms with Crippen LogP contribution in [0.4, 0.5) is 4.39 Å². The maximum atomic E-state index is 13.5. The van der Waals surface area contributed by atoms with E-state index in [9.17, 15) is 14.0 Å². The molecule has 1 aromatic heterocycles. The van der Waals surface area contributed by atoms with E-state index in [0.717, 1.165) is 19.3 Å². The topological polar surface area (TPSA) is 65.5 Å². The van der Waals surface area contributed by atoms with Crippen LogP contribution in [0.1, 0.15) is 10.4 Å². The molecular weight excluding hydrogens is 334 g/mol. The van der Waals surface area contributed by atoms with Crippen LogP contribution in [0.3, 0.4) is 0 Å². The Morgan fingerprint density at radius 2 is 2.00 bits per heavy atom. The molecule has 22 heavy (non-hydrogen) atoms. The van der Waals surface area contributed by atoms with Crippen molar-refractivity contribution in [1.82, 2.24) is 20.1 Å². The second-order valence-electron chi connectivity index (χ2n) is 4.65. The number of nitrogens with zero attached hydrogens (tertiary/aromatic N) is 3. The first-order valence-corrected chi connectivity index (χ1v) is 6.43. The highest BCUT2D eigenvalue weighted by molar-refractivity contribution is 5.96. The number of aromatic nitrogens is 1. The van der Waals surface area contributed by atoms with Gasteiger partial charge in [-0.1, -0.05) is 0 Å². The molecule has 0 saturated carbocycles. The summed E-state index contributed by atoms with van der Waals surface area (Å²) in [7, 11) is 1.49. The van der Waals surface area contributed by atoms with E-state index in [0.29, 0.717) is 13.1 Å². The van der Waals surface area contributed by atoms with E-state index in [1.54, 1.807) is 4.90 Å². The van der Waals surface area contributed by atoms with Crippen LogP contribution >= 0.6 is 24.8 Å². The average molecular weight is 353 g/mol. The van der Waals surface area contributed by atoms with Crippen molar-refractivity contribution in [1.29, 1.82) is 0 Å². The molecule has 1 fully saturated rings. The first-order valence-electron chi connectivity index (χ1n) is 6.43. The Kier molecular flexibility index (Phi) is 8.93. The van der Waals surface area contributed by atoms with Crippen molar-refractivity contribution in [2.24, 2.45) is 0 Å². The van der Waals surface area contributed by atoms with Gasteiger partial charge in [0.15, 0.2) is 5.82 Å². The highest BCUT2D eigenvalue weighted by Gasteiger charge is 2.22. The molecule has 0 radical (unpaired) electrons. The first-order chi connectivity index (χ1) is 9.59. The largest absolute Gasteiger partial charge is 0.339 e. The lowest BCUT2D eigenvalue weighted by Crippen LogP contribution is -2.49. The van der Waals surface area contributed by atoms with Crippen LogP contribution in [0, 0.1) is 5.82 Å². The Morgan fingerprint density at radius 3 is 2.59 bits per heavy atom. The van der Waals surface area contributed by atoms with Gasteiger partial charge in [0.2, 0.25) is 5.91 Å². The van der Waals surface area contributed by atoms with E-state index in [4.69, 9.17) is 0 Å². The van der Waals surface area contributed by atoms with Crippen LogP contribution in [-0.4, -0.2) is 66.4 Å². The molecule has 2 rings (SSSR count). The quantitative estimate of drug-likeness (QED) is 0.863. The van der Waals surface area contributed by atoms with Crippen molar-refractivity contribution in [2.75, 3.05) is 39.8 Å². The van der Waals surface area contributed by atoms with Crippen molar-refractivity contribution in [3.8, 4) is 0 Å². The van der Waals surface area contributed by atoms with Gasteiger partial charge in [-0.25, -0.2) is 4.39 Å². The molecule has 0 spiro atoms. The number of pyridine rings is 1. The molecule has 2 amide bonds. The first kappa shape index (κ1) is 20.6. The average Bonchev–Trinajstić information content (AvgIpc) is 2.48. The number of carbonyl (C=O) groups excluding carboxylic acids is 2. The number of hydrogen-bond donors (Lipinski definition) is 1. The van der Waals surface area contributed by atoms with Crippen molar-refractivity contribution in [3.05, 3.63) is 29.8 Å². The Hall–Kier alpha value is -1.44. The normalized spacial score (nSPS) is 13.6. The van der Waals surface area contributed by atoms with Gasteiger partial charge < -0.3 is 15.1 Å². The van der Waals surface area contributed by atoms with E-state index in [-0.39, 0.29) is 42.8 Å². The summed E-state index contributed by atoms with van der Waals surface area (Å²) in [4.78, 5) is 30.6. The molecule has 124 valence electrons. The number of rotatable bonds is 3. The van der Waals surface area contributed by atoms with Gasteiger partial charge >= 0.3 is 0 Å². The molecule has 0 bridgehead atoms. The summed E-state index contributed by atoms with van der Waals surface area (Å²) in [6.07, 6.45) is 2.33. The zero-order valence-corrected chi connectivity index (χ0v) is 13.8. The minimum absolute atomic E-state index is 0. The van der Waals surface area contributed by atoms with Gasteiger partial charge in [-0.15, -0.1) is 24.8 Å². The molecule has 0 aromatic carbocycles. The van der Waals surface area contributed by atoms with Gasteiger partial charge in [-0.2, -0.15) is 0 Å². The number of nitrogens with one attached hydrogen (secondary N) is 1. The van der Waals surface area contributed by atoms with Crippen LogP contribution in [0.25, 0.3) is 0 Å². The molecular formula is C13H19Cl2FN4O2. The zero-order chi connectivity index (χ0) is 14.5. The number of likely N-dealkylation sites (N-methyl/N-ethyl adjacent to an activating group) is 1. The summed E-state index contributed by atoms with van der Waals surface area (Å²) < 4.78 is 13.5. The second-order valence-corrected chi connectivity index (χ2v) is 4.65. The van der Waals surface area contributed by atoms with E-state index < -0.39 is 11.7 Å². The fourth-order valence-electron chi connectivity index (χ4n) is 2.04. The lowest BCUT2D eigenvalue weighted by atomic mass is 10.2. The standard InChI is InChI=1S/C13H17FN4O2.2ClH/c1-17(9-12(19)18-6-4-15-5-7-18)13(20)10-2-3-16-8-11(10)14;;/h2-3,8,15H,4-7,9H2,1H3;2*1H. The van der Waals surface area contributed by atoms with Crippen molar-refractivity contribution >= 4 is 36.6 Å². The second kappa shape index (κ2) is 9.55. The number of piperazine rings is 1. The lowest BCUT2D eigenvalue weighted by Gasteiger charge is -2.29. The SMILES string of the molecule is CN(CC(=O)N1CCNCC1)C(=O)c1ccncc1F.Cl.Cl. The van der Waals surface area contributed by atoms with Gasteiger partial charge in [0.25, 0.3) is 5.91 Å². The molecule has 1 N–H and O–H groups in total. The predicted octanol–water partition coefficient (Wildman–Crippen LogP) is 0.568. The van der Waals surface area contributed by atoms with Crippen LogP contribution in [-0.2, 0) is 4.79 Å². The number of halogens is 3. The Bertz CT molecular complexity index is 513. The van der Waals surface area contributed by atoms with E-state index >= 15 is 0 Å². The third-order valence-corrected chi connectivity index (χ3v) is 3.19. The molecule has 0 aliphatic carbocycles. The maximum absolute atomic E-state index is 13.5. The van der Waals surface area contributed by atoms with Gasteiger partial charge in [-0.05, 0) is 6.07 Å². The molecule has 1 aliphatic rings.